The van der Waals surface area contributed by atoms with Crippen LogP contribution in [-0.2, 0) is 4.79 Å². The second-order valence-electron chi connectivity index (χ2n) is 3.98. The van der Waals surface area contributed by atoms with Gasteiger partial charge in [0.15, 0.2) is 0 Å². The highest BCUT2D eigenvalue weighted by atomic mass is 16.4. The maximum atomic E-state index is 10.7. The normalized spacial score (nSPS) is 12.9. The van der Waals surface area contributed by atoms with E-state index in [4.69, 9.17) is 5.11 Å². The Labute approximate surface area is 92.8 Å². The van der Waals surface area contributed by atoms with Gasteiger partial charge in [0.1, 0.15) is 0 Å². The van der Waals surface area contributed by atoms with Gasteiger partial charge in [0.25, 0.3) is 0 Å². The van der Waals surface area contributed by atoms with Gasteiger partial charge in [-0.25, -0.2) is 9.97 Å². The Bertz CT molecular complexity index is 533. The maximum Gasteiger partial charge on any atom is 0.304 e. The van der Waals surface area contributed by atoms with Crippen molar-refractivity contribution >= 4 is 11.7 Å². The van der Waals surface area contributed by atoms with Gasteiger partial charge in [-0.2, -0.15) is 0 Å². The molecule has 0 amide bonds. The average molecular weight is 219 g/mol. The van der Waals surface area contributed by atoms with E-state index in [1.165, 1.54) is 0 Å². The molecule has 1 N–H and O–H groups in total. The zero-order chi connectivity index (χ0) is 11.7. The van der Waals surface area contributed by atoms with E-state index >= 15 is 0 Å². The first-order chi connectivity index (χ1) is 7.58. The summed E-state index contributed by atoms with van der Waals surface area (Å²) in [5.41, 5.74) is 1.91. The fourth-order valence-electron chi connectivity index (χ4n) is 1.72. The number of carbonyl (C=O) groups is 1. The monoisotopic (exact) mass is 219 g/mol. The Morgan fingerprint density at radius 1 is 1.50 bits per heavy atom. The molecule has 0 aliphatic heterocycles. The third kappa shape index (κ3) is 1.88. The molecule has 0 aromatic carbocycles. The Balaban J connectivity index is 2.44. The lowest BCUT2D eigenvalue weighted by atomic mass is 10.1. The fraction of sp³-hybridized carbons (Fsp3) is 0.364. The quantitative estimate of drug-likeness (QED) is 0.851. The number of imidazole rings is 1. The first-order valence-electron chi connectivity index (χ1n) is 5.09. The molecule has 1 atom stereocenters. The molecule has 16 heavy (non-hydrogen) atoms. The van der Waals surface area contributed by atoms with E-state index in [1.807, 2.05) is 24.4 Å². The molecule has 0 saturated heterocycles. The summed E-state index contributed by atoms with van der Waals surface area (Å²) in [4.78, 5) is 19.0. The number of hydrogen-bond donors (Lipinski definition) is 1. The molecule has 5 nitrogen and oxygen atoms in total. The number of aromatic nitrogens is 3. The van der Waals surface area contributed by atoms with E-state index < -0.39 is 5.97 Å². The van der Waals surface area contributed by atoms with Crippen molar-refractivity contribution in [3.8, 4) is 0 Å². The Morgan fingerprint density at radius 3 is 2.88 bits per heavy atom. The van der Waals surface area contributed by atoms with E-state index in [1.54, 1.807) is 12.4 Å². The van der Waals surface area contributed by atoms with Crippen LogP contribution >= 0.6 is 0 Å². The Kier molecular flexibility index (Phi) is 2.60. The Hall–Kier alpha value is -1.91. The van der Waals surface area contributed by atoms with Crippen molar-refractivity contribution in [1.82, 2.24) is 14.4 Å². The zero-order valence-corrected chi connectivity index (χ0v) is 9.21. The van der Waals surface area contributed by atoms with Crippen LogP contribution in [0.3, 0.4) is 0 Å². The molecule has 2 aromatic heterocycles. The SMILES string of the molecule is Cc1cnc2ncc(C(C)CC(=O)O)n2c1. The molecule has 0 bridgehead atoms. The van der Waals surface area contributed by atoms with Crippen molar-refractivity contribution in [1.29, 1.82) is 0 Å². The first-order valence-corrected chi connectivity index (χ1v) is 5.09. The molecule has 0 fully saturated rings. The smallest absolute Gasteiger partial charge is 0.304 e. The van der Waals surface area contributed by atoms with Gasteiger partial charge in [-0.05, 0) is 12.5 Å². The minimum atomic E-state index is -0.803. The van der Waals surface area contributed by atoms with Crippen molar-refractivity contribution in [3.05, 3.63) is 29.8 Å². The van der Waals surface area contributed by atoms with Gasteiger partial charge in [-0.3, -0.25) is 9.20 Å². The highest BCUT2D eigenvalue weighted by Crippen LogP contribution is 2.19. The average Bonchev–Trinajstić information content (AvgIpc) is 2.59. The van der Waals surface area contributed by atoms with E-state index in [0.29, 0.717) is 5.78 Å². The van der Waals surface area contributed by atoms with Crippen LogP contribution in [0.4, 0.5) is 0 Å². The largest absolute Gasteiger partial charge is 0.481 e. The number of carboxylic acids is 1. The molecule has 2 aromatic rings. The second kappa shape index (κ2) is 3.92. The van der Waals surface area contributed by atoms with Crippen LogP contribution in [0.5, 0.6) is 0 Å². The Morgan fingerprint density at radius 2 is 2.19 bits per heavy atom. The molecule has 2 heterocycles. The minimum Gasteiger partial charge on any atom is -0.481 e. The van der Waals surface area contributed by atoms with Gasteiger partial charge in [-0.15, -0.1) is 0 Å². The predicted molar refractivity (Wildman–Crippen MR) is 58.4 cm³/mol. The van der Waals surface area contributed by atoms with Crippen LogP contribution in [0.25, 0.3) is 5.78 Å². The molecule has 0 spiro atoms. The van der Waals surface area contributed by atoms with Crippen molar-refractivity contribution in [3.63, 3.8) is 0 Å². The topological polar surface area (TPSA) is 67.5 Å². The number of rotatable bonds is 3. The lowest BCUT2D eigenvalue weighted by Crippen LogP contribution is -2.05. The summed E-state index contributed by atoms with van der Waals surface area (Å²) in [6.45, 7) is 3.82. The fourth-order valence-corrected chi connectivity index (χ4v) is 1.72. The summed E-state index contributed by atoms with van der Waals surface area (Å²) >= 11 is 0. The summed E-state index contributed by atoms with van der Waals surface area (Å²) in [6.07, 6.45) is 5.45. The van der Waals surface area contributed by atoms with Crippen molar-refractivity contribution in [2.75, 3.05) is 0 Å². The number of fused-ring (bicyclic) bond motifs is 1. The van der Waals surface area contributed by atoms with Crippen molar-refractivity contribution in [2.24, 2.45) is 0 Å². The molecular formula is C11H13N3O2. The second-order valence-corrected chi connectivity index (χ2v) is 3.98. The third-order valence-electron chi connectivity index (χ3n) is 2.51. The molecular weight excluding hydrogens is 206 g/mol. The summed E-state index contributed by atoms with van der Waals surface area (Å²) in [7, 11) is 0. The van der Waals surface area contributed by atoms with Crippen LogP contribution < -0.4 is 0 Å². The van der Waals surface area contributed by atoms with Gasteiger partial charge in [0.05, 0.1) is 12.6 Å². The zero-order valence-electron chi connectivity index (χ0n) is 9.21. The van der Waals surface area contributed by atoms with Gasteiger partial charge in [0.2, 0.25) is 5.78 Å². The molecule has 0 aliphatic carbocycles. The summed E-state index contributed by atoms with van der Waals surface area (Å²) in [6, 6.07) is 0. The van der Waals surface area contributed by atoms with Gasteiger partial charge >= 0.3 is 5.97 Å². The van der Waals surface area contributed by atoms with Gasteiger partial charge in [0, 0.05) is 24.0 Å². The van der Waals surface area contributed by atoms with Crippen LogP contribution in [0.2, 0.25) is 0 Å². The summed E-state index contributed by atoms with van der Waals surface area (Å²) in [5, 5.41) is 8.76. The minimum absolute atomic E-state index is 0.0731. The van der Waals surface area contributed by atoms with Crippen LogP contribution in [-0.4, -0.2) is 25.4 Å². The van der Waals surface area contributed by atoms with Gasteiger partial charge in [-0.1, -0.05) is 6.92 Å². The molecule has 0 saturated carbocycles. The molecule has 2 rings (SSSR count). The van der Waals surface area contributed by atoms with Gasteiger partial charge < -0.3 is 5.11 Å². The van der Waals surface area contributed by atoms with Crippen molar-refractivity contribution in [2.45, 2.75) is 26.2 Å². The number of carboxylic acid groups (broad SMARTS) is 1. The number of hydrogen-bond acceptors (Lipinski definition) is 3. The first kappa shape index (κ1) is 10.6. The molecule has 5 heteroatoms. The molecule has 0 radical (unpaired) electrons. The molecule has 0 aliphatic rings. The van der Waals surface area contributed by atoms with E-state index in [2.05, 4.69) is 9.97 Å². The lowest BCUT2D eigenvalue weighted by Gasteiger charge is -2.08. The lowest BCUT2D eigenvalue weighted by molar-refractivity contribution is -0.137. The van der Waals surface area contributed by atoms with E-state index in [-0.39, 0.29) is 12.3 Å². The third-order valence-corrected chi connectivity index (χ3v) is 2.51. The summed E-state index contributed by atoms with van der Waals surface area (Å²) < 4.78 is 1.85. The van der Waals surface area contributed by atoms with Crippen molar-refractivity contribution < 1.29 is 9.90 Å². The highest BCUT2D eigenvalue weighted by Gasteiger charge is 2.14. The van der Waals surface area contributed by atoms with E-state index in [0.717, 1.165) is 11.3 Å². The van der Waals surface area contributed by atoms with E-state index in [9.17, 15) is 4.79 Å². The molecule has 84 valence electrons. The highest BCUT2D eigenvalue weighted by molar-refractivity contribution is 5.67. The van der Waals surface area contributed by atoms with Crippen LogP contribution in [0.1, 0.15) is 30.5 Å². The predicted octanol–water partition coefficient (Wildman–Crippen LogP) is 1.62. The van der Waals surface area contributed by atoms with Crippen LogP contribution in [0, 0.1) is 6.92 Å². The van der Waals surface area contributed by atoms with Crippen LogP contribution in [0.15, 0.2) is 18.6 Å². The number of aliphatic carboxylic acids is 1. The standard InChI is InChI=1S/C11H13N3O2/c1-7-4-12-11-13-5-9(14(11)6-7)8(2)3-10(15)16/h4-6,8H,3H2,1-2H3,(H,15,16). The summed E-state index contributed by atoms with van der Waals surface area (Å²) in [5.74, 6) is -0.267. The number of aryl methyl sites for hydroxylation is 1. The maximum absolute atomic E-state index is 10.7. The molecule has 1 unspecified atom stereocenters. The number of nitrogens with zero attached hydrogens (tertiary/aromatic N) is 3.